The van der Waals surface area contributed by atoms with Crippen LogP contribution in [0.3, 0.4) is 0 Å². The van der Waals surface area contributed by atoms with E-state index in [1.807, 2.05) is 0 Å². The average Bonchev–Trinajstić information content (AvgIpc) is 3.34. The highest BCUT2D eigenvalue weighted by atomic mass is 79.9. The molecule has 2 saturated heterocycles. The highest BCUT2D eigenvalue weighted by Crippen LogP contribution is 2.45. The van der Waals surface area contributed by atoms with E-state index >= 15 is 0 Å². The van der Waals surface area contributed by atoms with Crippen molar-refractivity contribution in [3.8, 4) is 5.75 Å². The van der Waals surface area contributed by atoms with E-state index in [0.29, 0.717) is 39.8 Å². The predicted octanol–water partition coefficient (Wildman–Crippen LogP) is 5.69. The Bertz CT molecular complexity index is 1290. The van der Waals surface area contributed by atoms with E-state index in [2.05, 4.69) is 31.9 Å². The molecule has 0 spiro atoms. The standard InChI is InChI=1S/C26H22Br2Cl2N2O5/c1-12-6-15(3-5-21(12)32-24(34)16-9-18(27)19(28)10-17(16)25(32)35)37-26(36)13-7-23(33)31(11-13)22-8-14(29)2-4-20(22)30/h2-6,8,13,16-19H,7,9-11H2,1H3/t13-,16-,17+,18+,19+/m1/s1. The minimum absolute atomic E-state index is 0.0125. The van der Waals surface area contributed by atoms with Crippen LogP contribution in [0.2, 0.25) is 10.0 Å². The van der Waals surface area contributed by atoms with Crippen molar-refractivity contribution >= 4 is 90.1 Å². The smallest absolute Gasteiger partial charge is 0.316 e. The normalized spacial score (nSPS) is 27.6. The molecule has 0 N–H and O–H groups in total. The van der Waals surface area contributed by atoms with Gasteiger partial charge in [0.2, 0.25) is 17.7 Å². The molecular weight excluding hydrogens is 651 g/mol. The summed E-state index contributed by atoms with van der Waals surface area (Å²) in [4.78, 5) is 54.7. The van der Waals surface area contributed by atoms with Crippen molar-refractivity contribution in [1.29, 1.82) is 0 Å². The van der Waals surface area contributed by atoms with E-state index in [9.17, 15) is 19.2 Å². The second-order valence-corrected chi connectivity index (χ2v) is 12.8. The van der Waals surface area contributed by atoms with Gasteiger partial charge in [0, 0.05) is 27.6 Å². The number of benzene rings is 2. The lowest BCUT2D eigenvalue weighted by Crippen LogP contribution is -2.34. The van der Waals surface area contributed by atoms with Crippen LogP contribution in [0.15, 0.2) is 36.4 Å². The van der Waals surface area contributed by atoms with Gasteiger partial charge < -0.3 is 9.64 Å². The zero-order valence-corrected chi connectivity index (χ0v) is 24.3. The summed E-state index contributed by atoms with van der Waals surface area (Å²) in [6.45, 7) is 1.88. The largest absolute Gasteiger partial charge is 0.426 e. The fourth-order valence-electron chi connectivity index (χ4n) is 5.27. The summed E-state index contributed by atoms with van der Waals surface area (Å²) in [5.41, 5.74) is 1.57. The Hall–Kier alpha value is -1.94. The van der Waals surface area contributed by atoms with Gasteiger partial charge in [-0.3, -0.25) is 19.2 Å². The van der Waals surface area contributed by atoms with Gasteiger partial charge in [-0.05, 0) is 61.7 Å². The molecule has 2 aromatic rings. The molecule has 5 rings (SSSR count). The van der Waals surface area contributed by atoms with Crippen molar-refractivity contribution in [1.82, 2.24) is 0 Å². The van der Waals surface area contributed by atoms with Crippen LogP contribution >= 0.6 is 55.1 Å². The first-order valence-electron chi connectivity index (χ1n) is 11.8. The van der Waals surface area contributed by atoms with Crippen LogP contribution in [0.4, 0.5) is 11.4 Å². The molecule has 7 nitrogen and oxygen atoms in total. The van der Waals surface area contributed by atoms with Crippen molar-refractivity contribution in [2.24, 2.45) is 17.8 Å². The van der Waals surface area contributed by atoms with Gasteiger partial charge in [-0.25, -0.2) is 4.90 Å². The molecule has 3 aliphatic rings. The third kappa shape index (κ3) is 4.95. The SMILES string of the molecule is Cc1cc(OC(=O)[C@@H]2CC(=O)N(c3cc(Cl)ccc3Cl)C2)ccc1N1C(=O)[C@H]2C[C@H](Br)[C@@H](Br)C[C@H]2C1=O. The number of esters is 1. The molecule has 0 bridgehead atoms. The number of halogens is 4. The molecule has 2 heterocycles. The minimum atomic E-state index is -0.679. The lowest BCUT2D eigenvalue weighted by atomic mass is 9.81. The summed E-state index contributed by atoms with van der Waals surface area (Å²) in [7, 11) is 0. The van der Waals surface area contributed by atoms with Gasteiger partial charge in [0.1, 0.15) is 5.75 Å². The zero-order valence-electron chi connectivity index (χ0n) is 19.6. The quantitative estimate of drug-likeness (QED) is 0.181. The molecule has 3 fully saturated rings. The fourth-order valence-corrected chi connectivity index (χ4v) is 6.89. The van der Waals surface area contributed by atoms with Crippen LogP contribution in [-0.4, -0.2) is 39.9 Å². The first-order valence-corrected chi connectivity index (χ1v) is 14.4. The molecule has 0 aromatic heterocycles. The number of carbonyl (C=O) groups is 4. The Kier molecular flexibility index (Phi) is 7.44. The van der Waals surface area contributed by atoms with E-state index < -0.39 is 11.9 Å². The van der Waals surface area contributed by atoms with Crippen molar-refractivity contribution in [2.45, 2.75) is 35.8 Å². The lowest BCUT2D eigenvalue weighted by molar-refractivity contribution is -0.139. The van der Waals surface area contributed by atoms with Crippen LogP contribution in [0.5, 0.6) is 5.75 Å². The number of hydrogen-bond acceptors (Lipinski definition) is 5. The van der Waals surface area contributed by atoms with Crippen molar-refractivity contribution in [2.75, 3.05) is 16.3 Å². The van der Waals surface area contributed by atoms with E-state index in [1.54, 1.807) is 43.3 Å². The Labute approximate surface area is 240 Å². The number of anilines is 2. The summed E-state index contributed by atoms with van der Waals surface area (Å²) >= 11 is 19.5. The second-order valence-electron chi connectivity index (χ2n) is 9.60. The number of alkyl halides is 2. The number of fused-ring (bicyclic) bond motifs is 1. The highest BCUT2D eigenvalue weighted by molar-refractivity contribution is 9.12. The van der Waals surface area contributed by atoms with Crippen LogP contribution in [0.25, 0.3) is 0 Å². The van der Waals surface area contributed by atoms with E-state index in [1.165, 1.54) is 9.80 Å². The number of carbonyl (C=O) groups excluding carboxylic acids is 4. The average molecular weight is 673 g/mol. The van der Waals surface area contributed by atoms with Gasteiger partial charge in [-0.1, -0.05) is 55.1 Å². The molecule has 194 valence electrons. The third-order valence-electron chi connectivity index (χ3n) is 7.20. The third-order valence-corrected chi connectivity index (χ3v) is 10.5. The monoisotopic (exact) mass is 670 g/mol. The number of aryl methyl sites for hydroxylation is 1. The van der Waals surface area contributed by atoms with E-state index in [0.717, 1.165) is 0 Å². The number of rotatable bonds is 4. The molecule has 0 unspecified atom stereocenters. The lowest BCUT2D eigenvalue weighted by Gasteiger charge is -2.29. The van der Waals surface area contributed by atoms with Crippen LogP contribution < -0.4 is 14.5 Å². The van der Waals surface area contributed by atoms with Crippen molar-refractivity contribution in [3.05, 3.63) is 52.0 Å². The highest BCUT2D eigenvalue weighted by Gasteiger charge is 2.52. The number of nitrogens with zero attached hydrogens (tertiary/aromatic N) is 2. The van der Waals surface area contributed by atoms with Gasteiger partial charge in [0.05, 0.1) is 34.2 Å². The first-order chi connectivity index (χ1) is 17.5. The van der Waals surface area contributed by atoms with Crippen LogP contribution in [-0.2, 0) is 19.2 Å². The van der Waals surface area contributed by atoms with E-state index in [-0.39, 0.29) is 57.9 Å². The molecule has 11 heteroatoms. The van der Waals surface area contributed by atoms with Gasteiger partial charge in [-0.15, -0.1) is 0 Å². The minimum Gasteiger partial charge on any atom is -0.426 e. The molecule has 3 amide bonds. The number of ether oxygens (including phenoxy) is 1. The Morgan fingerprint density at radius 2 is 1.59 bits per heavy atom. The Balaban J connectivity index is 1.29. The maximum Gasteiger partial charge on any atom is 0.316 e. The maximum atomic E-state index is 13.1. The summed E-state index contributed by atoms with van der Waals surface area (Å²) in [5, 5.41) is 0.796. The maximum absolute atomic E-state index is 13.1. The second kappa shape index (κ2) is 10.3. The number of hydrogen-bond donors (Lipinski definition) is 0. The molecule has 1 aliphatic carbocycles. The molecule has 5 atom stereocenters. The molecule has 0 radical (unpaired) electrons. The van der Waals surface area contributed by atoms with Crippen LogP contribution in [0.1, 0.15) is 24.8 Å². The predicted molar refractivity (Wildman–Crippen MR) is 148 cm³/mol. The topological polar surface area (TPSA) is 84.0 Å². The Morgan fingerprint density at radius 3 is 2.22 bits per heavy atom. The molecule has 2 aromatic carbocycles. The number of imide groups is 1. The van der Waals surface area contributed by atoms with E-state index in [4.69, 9.17) is 27.9 Å². The summed E-state index contributed by atoms with van der Waals surface area (Å²) < 4.78 is 5.58. The fraction of sp³-hybridized carbons (Fsp3) is 0.385. The number of amides is 3. The first kappa shape index (κ1) is 26.7. The van der Waals surface area contributed by atoms with Gasteiger partial charge >= 0.3 is 5.97 Å². The molecule has 37 heavy (non-hydrogen) atoms. The summed E-state index contributed by atoms with van der Waals surface area (Å²) in [5.74, 6) is -2.30. The van der Waals surface area contributed by atoms with Gasteiger partial charge in [0.15, 0.2) is 0 Å². The molecule has 1 saturated carbocycles. The van der Waals surface area contributed by atoms with Crippen LogP contribution in [0, 0.1) is 24.7 Å². The molecular formula is C26H22Br2Cl2N2O5. The summed E-state index contributed by atoms with van der Waals surface area (Å²) in [6.07, 6.45) is 1.17. The Morgan fingerprint density at radius 1 is 0.946 bits per heavy atom. The van der Waals surface area contributed by atoms with Crippen molar-refractivity contribution < 1.29 is 23.9 Å². The van der Waals surface area contributed by atoms with Crippen molar-refractivity contribution in [3.63, 3.8) is 0 Å². The molecule has 2 aliphatic heterocycles. The summed E-state index contributed by atoms with van der Waals surface area (Å²) in [6, 6.07) is 9.62. The zero-order chi connectivity index (χ0) is 26.6. The van der Waals surface area contributed by atoms with Gasteiger partial charge in [0.25, 0.3) is 0 Å². The van der Waals surface area contributed by atoms with Gasteiger partial charge in [-0.2, -0.15) is 0 Å².